The van der Waals surface area contributed by atoms with Gasteiger partial charge in [-0.2, -0.15) is 11.8 Å². The summed E-state index contributed by atoms with van der Waals surface area (Å²) in [4.78, 5) is 12.9. The van der Waals surface area contributed by atoms with Gasteiger partial charge in [-0.05, 0) is 34.5 Å². The zero-order chi connectivity index (χ0) is 13.1. The van der Waals surface area contributed by atoms with Crippen molar-refractivity contribution in [3.63, 3.8) is 0 Å². The number of hydrogen-bond acceptors (Lipinski definition) is 4. The Bertz CT molecular complexity index is 456. The molecule has 0 radical (unpaired) electrons. The van der Waals surface area contributed by atoms with E-state index in [1.165, 1.54) is 0 Å². The van der Waals surface area contributed by atoms with Gasteiger partial charge < -0.3 is 0 Å². The topological polar surface area (TPSA) is 46.4 Å². The van der Waals surface area contributed by atoms with Crippen LogP contribution in [0.15, 0.2) is 22.7 Å². The third-order valence-corrected chi connectivity index (χ3v) is 4.96. The maximum Gasteiger partial charge on any atom is 0.283 e. The van der Waals surface area contributed by atoms with Gasteiger partial charge in [-0.25, -0.2) is 0 Å². The van der Waals surface area contributed by atoms with Crippen LogP contribution in [0, 0.1) is 10.1 Å². The van der Waals surface area contributed by atoms with E-state index in [-0.39, 0.29) is 10.6 Å². The number of halogens is 1. The first-order chi connectivity index (χ1) is 8.58. The molecule has 1 saturated heterocycles. The molecule has 1 unspecified atom stereocenters. The average molecular weight is 331 g/mol. The van der Waals surface area contributed by atoms with Crippen molar-refractivity contribution in [3.05, 3.63) is 38.3 Å². The van der Waals surface area contributed by atoms with Crippen LogP contribution < -0.4 is 0 Å². The highest BCUT2D eigenvalue weighted by molar-refractivity contribution is 9.10. The SMILES string of the molecule is CC1CSCCN1Cc1ccc(Br)c([N+](=O)[O-])c1. The number of rotatable bonds is 3. The van der Waals surface area contributed by atoms with Crippen molar-refractivity contribution in [2.45, 2.75) is 19.5 Å². The van der Waals surface area contributed by atoms with Crippen molar-refractivity contribution in [2.24, 2.45) is 0 Å². The lowest BCUT2D eigenvalue weighted by atomic mass is 10.1. The molecule has 1 atom stereocenters. The van der Waals surface area contributed by atoms with E-state index in [0.717, 1.165) is 30.2 Å². The summed E-state index contributed by atoms with van der Waals surface area (Å²) >= 11 is 5.18. The van der Waals surface area contributed by atoms with Crippen molar-refractivity contribution >= 4 is 33.4 Å². The van der Waals surface area contributed by atoms with E-state index in [9.17, 15) is 10.1 Å². The Balaban J connectivity index is 2.14. The molecular formula is C12H15BrN2O2S. The summed E-state index contributed by atoms with van der Waals surface area (Å²) in [6, 6.07) is 5.91. The molecule has 98 valence electrons. The first-order valence-electron chi connectivity index (χ1n) is 5.82. The van der Waals surface area contributed by atoms with E-state index in [2.05, 4.69) is 27.8 Å². The summed E-state index contributed by atoms with van der Waals surface area (Å²) in [6.07, 6.45) is 0. The minimum Gasteiger partial charge on any atom is -0.295 e. The van der Waals surface area contributed by atoms with Crippen LogP contribution in [0.1, 0.15) is 12.5 Å². The molecule has 1 aromatic carbocycles. The van der Waals surface area contributed by atoms with Gasteiger partial charge in [0, 0.05) is 36.7 Å². The highest BCUT2D eigenvalue weighted by Crippen LogP contribution is 2.27. The first-order valence-corrected chi connectivity index (χ1v) is 7.77. The van der Waals surface area contributed by atoms with Gasteiger partial charge in [-0.3, -0.25) is 15.0 Å². The van der Waals surface area contributed by atoms with Crippen LogP contribution in [0.4, 0.5) is 5.69 Å². The summed E-state index contributed by atoms with van der Waals surface area (Å²) in [6.45, 7) is 4.05. The Labute approximate surface area is 119 Å². The summed E-state index contributed by atoms with van der Waals surface area (Å²) in [5.74, 6) is 2.28. The zero-order valence-electron chi connectivity index (χ0n) is 10.1. The van der Waals surface area contributed by atoms with Crippen molar-refractivity contribution in [1.82, 2.24) is 4.90 Å². The molecular weight excluding hydrogens is 316 g/mol. The van der Waals surface area contributed by atoms with E-state index in [1.807, 2.05) is 17.8 Å². The summed E-state index contributed by atoms with van der Waals surface area (Å²) in [7, 11) is 0. The lowest BCUT2D eigenvalue weighted by Gasteiger charge is -2.32. The smallest absolute Gasteiger partial charge is 0.283 e. The fourth-order valence-corrected chi connectivity index (χ4v) is 3.50. The Kier molecular flexibility index (Phi) is 4.64. The largest absolute Gasteiger partial charge is 0.295 e. The van der Waals surface area contributed by atoms with Crippen LogP contribution in [-0.4, -0.2) is 33.9 Å². The molecule has 1 aliphatic heterocycles. The number of thioether (sulfide) groups is 1. The standard InChI is InChI=1S/C12H15BrN2O2S/c1-9-8-18-5-4-14(9)7-10-2-3-11(13)12(6-10)15(16)17/h2-3,6,9H,4-5,7-8H2,1H3. The second-order valence-electron chi connectivity index (χ2n) is 4.44. The van der Waals surface area contributed by atoms with E-state index >= 15 is 0 Å². The molecule has 0 aromatic heterocycles. The van der Waals surface area contributed by atoms with Gasteiger partial charge in [0.25, 0.3) is 5.69 Å². The fraction of sp³-hybridized carbons (Fsp3) is 0.500. The molecule has 18 heavy (non-hydrogen) atoms. The molecule has 1 aromatic rings. The normalized spacial score (nSPS) is 20.9. The summed E-state index contributed by atoms with van der Waals surface area (Å²) in [5.41, 5.74) is 1.15. The van der Waals surface area contributed by atoms with Crippen LogP contribution in [-0.2, 0) is 6.54 Å². The minimum absolute atomic E-state index is 0.145. The predicted octanol–water partition coefficient (Wildman–Crippen LogP) is 3.29. The van der Waals surface area contributed by atoms with Gasteiger partial charge in [0.05, 0.1) is 9.40 Å². The molecule has 0 amide bonds. The maximum absolute atomic E-state index is 10.9. The van der Waals surface area contributed by atoms with Crippen LogP contribution in [0.5, 0.6) is 0 Å². The summed E-state index contributed by atoms with van der Waals surface area (Å²) in [5, 5.41) is 10.9. The Morgan fingerprint density at radius 3 is 3.06 bits per heavy atom. The van der Waals surface area contributed by atoms with Gasteiger partial charge in [-0.15, -0.1) is 0 Å². The van der Waals surface area contributed by atoms with E-state index < -0.39 is 0 Å². The Morgan fingerprint density at radius 1 is 1.61 bits per heavy atom. The van der Waals surface area contributed by atoms with Crippen molar-refractivity contribution in [2.75, 3.05) is 18.1 Å². The molecule has 0 aliphatic carbocycles. The van der Waals surface area contributed by atoms with Crippen molar-refractivity contribution in [1.29, 1.82) is 0 Å². The number of nitrogens with zero attached hydrogens (tertiary/aromatic N) is 2. The van der Waals surface area contributed by atoms with Crippen LogP contribution in [0.25, 0.3) is 0 Å². The molecule has 2 rings (SSSR count). The third kappa shape index (κ3) is 3.24. The summed E-state index contributed by atoms with van der Waals surface area (Å²) < 4.78 is 0.540. The number of benzene rings is 1. The monoisotopic (exact) mass is 330 g/mol. The first kappa shape index (κ1) is 13.8. The van der Waals surface area contributed by atoms with E-state index in [0.29, 0.717) is 10.5 Å². The second kappa shape index (κ2) is 6.04. The number of nitro benzene ring substituents is 1. The molecule has 0 bridgehead atoms. The van der Waals surface area contributed by atoms with Crippen molar-refractivity contribution in [3.8, 4) is 0 Å². The molecule has 0 spiro atoms. The molecule has 4 nitrogen and oxygen atoms in total. The number of hydrogen-bond donors (Lipinski definition) is 0. The van der Waals surface area contributed by atoms with Gasteiger partial charge in [0.15, 0.2) is 0 Å². The van der Waals surface area contributed by atoms with Gasteiger partial charge >= 0.3 is 0 Å². The lowest BCUT2D eigenvalue weighted by Crippen LogP contribution is -2.39. The van der Waals surface area contributed by atoms with E-state index in [1.54, 1.807) is 12.1 Å². The highest BCUT2D eigenvalue weighted by Gasteiger charge is 2.20. The molecule has 6 heteroatoms. The zero-order valence-corrected chi connectivity index (χ0v) is 12.5. The molecule has 0 saturated carbocycles. The van der Waals surface area contributed by atoms with E-state index in [4.69, 9.17) is 0 Å². The fourth-order valence-electron chi connectivity index (χ4n) is 2.03. The van der Waals surface area contributed by atoms with Gasteiger partial charge in [-0.1, -0.05) is 6.07 Å². The average Bonchev–Trinajstić information content (AvgIpc) is 2.34. The van der Waals surface area contributed by atoms with Crippen LogP contribution in [0.2, 0.25) is 0 Å². The molecule has 1 aliphatic rings. The lowest BCUT2D eigenvalue weighted by molar-refractivity contribution is -0.385. The second-order valence-corrected chi connectivity index (χ2v) is 6.44. The predicted molar refractivity (Wildman–Crippen MR) is 78.0 cm³/mol. The minimum atomic E-state index is -0.344. The van der Waals surface area contributed by atoms with Gasteiger partial charge in [0.2, 0.25) is 0 Å². The van der Waals surface area contributed by atoms with Crippen LogP contribution in [0.3, 0.4) is 0 Å². The third-order valence-electron chi connectivity index (χ3n) is 3.10. The van der Waals surface area contributed by atoms with Crippen LogP contribution >= 0.6 is 27.7 Å². The molecule has 1 heterocycles. The quantitative estimate of drug-likeness (QED) is 0.630. The van der Waals surface area contributed by atoms with Crippen molar-refractivity contribution < 1.29 is 4.92 Å². The highest BCUT2D eigenvalue weighted by atomic mass is 79.9. The maximum atomic E-state index is 10.9. The number of nitro groups is 1. The van der Waals surface area contributed by atoms with Gasteiger partial charge in [0.1, 0.15) is 0 Å². The Morgan fingerprint density at radius 2 is 2.39 bits per heavy atom. The molecule has 1 fully saturated rings. The molecule has 0 N–H and O–H groups in total. The Hall–Kier alpha value is -0.590.